The molecule has 3 unspecified atom stereocenters. The second kappa shape index (κ2) is 7.15. The number of ether oxygens (including phenoxy) is 1. The van der Waals surface area contributed by atoms with Crippen LogP contribution in [-0.4, -0.2) is 29.2 Å². The molecule has 1 fully saturated rings. The molecule has 0 radical (unpaired) electrons. The maximum absolute atomic E-state index is 12.8. The summed E-state index contributed by atoms with van der Waals surface area (Å²) in [5, 5.41) is 3.66. The summed E-state index contributed by atoms with van der Waals surface area (Å²) < 4.78 is 7.59. The van der Waals surface area contributed by atoms with Crippen molar-refractivity contribution in [1.29, 1.82) is 0 Å². The molecule has 0 bridgehead atoms. The summed E-state index contributed by atoms with van der Waals surface area (Å²) in [6.07, 6.45) is 2.93. The normalized spacial score (nSPS) is 23.2. The zero-order chi connectivity index (χ0) is 20.1. The minimum atomic E-state index is -0.319. The average molecular weight is 412 g/mol. The maximum atomic E-state index is 12.8. The molecule has 3 heterocycles. The molecule has 1 aromatic carbocycles. The van der Waals surface area contributed by atoms with Crippen LogP contribution in [0.25, 0.3) is 10.2 Å². The molecule has 2 N–H and O–H groups in total. The van der Waals surface area contributed by atoms with E-state index in [9.17, 15) is 9.59 Å². The third kappa shape index (κ3) is 3.04. The predicted octanol–water partition coefficient (Wildman–Crippen LogP) is 2.78. The number of aromatic amines is 1. The Bertz CT molecular complexity index is 1190. The summed E-state index contributed by atoms with van der Waals surface area (Å²) in [6.45, 7) is 3.35. The minimum Gasteiger partial charge on any atom is -0.496 e. The molecular formula is C22H25N3O3S. The molecule has 1 aliphatic carbocycles. The molecule has 0 spiro atoms. The Morgan fingerprint density at radius 3 is 3.00 bits per heavy atom. The smallest absolute Gasteiger partial charge is 0.328 e. The van der Waals surface area contributed by atoms with Gasteiger partial charge in [-0.3, -0.25) is 9.36 Å². The lowest BCUT2D eigenvalue weighted by Gasteiger charge is -2.32. The van der Waals surface area contributed by atoms with Gasteiger partial charge in [-0.25, -0.2) is 4.79 Å². The number of fused-ring (bicyclic) bond motifs is 4. The molecular weight excluding hydrogens is 386 g/mol. The van der Waals surface area contributed by atoms with Gasteiger partial charge >= 0.3 is 5.69 Å². The highest BCUT2D eigenvalue weighted by atomic mass is 32.1. The Kier molecular flexibility index (Phi) is 4.59. The van der Waals surface area contributed by atoms with E-state index < -0.39 is 0 Å². The minimum absolute atomic E-state index is 0.179. The number of hydrogen-bond donors (Lipinski definition) is 2. The highest BCUT2D eigenvalue weighted by molar-refractivity contribution is 7.18. The first-order valence-electron chi connectivity index (χ1n) is 10.2. The molecule has 3 atom stereocenters. The summed E-state index contributed by atoms with van der Waals surface area (Å²) in [4.78, 5) is 29.2. The van der Waals surface area contributed by atoms with E-state index in [0.717, 1.165) is 36.4 Å². The van der Waals surface area contributed by atoms with Crippen LogP contribution >= 0.6 is 11.3 Å². The van der Waals surface area contributed by atoms with E-state index in [1.165, 1.54) is 27.0 Å². The average Bonchev–Trinajstić information content (AvgIpc) is 3.30. The predicted molar refractivity (Wildman–Crippen MR) is 115 cm³/mol. The lowest BCUT2D eigenvalue weighted by Crippen LogP contribution is -2.37. The number of rotatable bonds is 4. The van der Waals surface area contributed by atoms with E-state index in [2.05, 4.69) is 22.4 Å². The van der Waals surface area contributed by atoms with Crippen LogP contribution in [0, 0.1) is 12.8 Å². The fourth-order valence-electron chi connectivity index (χ4n) is 5.24. The summed E-state index contributed by atoms with van der Waals surface area (Å²) >= 11 is 1.44. The monoisotopic (exact) mass is 411 g/mol. The van der Waals surface area contributed by atoms with Crippen molar-refractivity contribution in [1.82, 2.24) is 14.9 Å². The number of thiophene rings is 1. The molecule has 1 aliphatic heterocycles. The molecule has 152 valence electrons. The SMILES string of the molecule is COc1cccc2c1CCC1CNC(CCn3c(=O)[nH]c4cc(C)sc4c3=O)C21. The molecule has 2 aromatic heterocycles. The number of hydrogen-bond acceptors (Lipinski definition) is 5. The van der Waals surface area contributed by atoms with Crippen molar-refractivity contribution in [2.24, 2.45) is 5.92 Å². The Labute approximate surface area is 172 Å². The van der Waals surface area contributed by atoms with Crippen LogP contribution in [0.2, 0.25) is 0 Å². The molecule has 0 amide bonds. The Balaban J connectivity index is 1.44. The molecule has 6 nitrogen and oxygen atoms in total. The Hall–Kier alpha value is -2.38. The van der Waals surface area contributed by atoms with Gasteiger partial charge in [0.1, 0.15) is 10.4 Å². The van der Waals surface area contributed by atoms with Crippen molar-refractivity contribution < 1.29 is 4.74 Å². The third-order valence-corrected chi connectivity index (χ3v) is 7.58. The van der Waals surface area contributed by atoms with Gasteiger partial charge in [-0.2, -0.15) is 0 Å². The van der Waals surface area contributed by atoms with Gasteiger partial charge in [0.2, 0.25) is 0 Å². The summed E-state index contributed by atoms with van der Waals surface area (Å²) in [5.41, 5.74) is 2.82. The van der Waals surface area contributed by atoms with E-state index in [1.807, 2.05) is 19.1 Å². The van der Waals surface area contributed by atoms with Gasteiger partial charge < -0.3 is 15.0 Å². The van der Waals surface area contributed by atoms with Crippen LogP contribution in [0.1, 0.15) is 34.8 Å². The van der Waals surface area contributed by atoms with Gasteiger partial charge in [0.15, 0.2) is 0 Å². The first-order valence-corrected chi connectivity index (χ1v) is 11.0. The number of aryl methyl sites for hydroxylation is 1. The van der Waals surface area contributed by atoms with Crippen molar-refractivity contribution in [2.75, 3.05) is 13.7 Å². The Morgan fingerprint density at radius 2 is 2.17 bits per heavy atom. The highest BCUT2D eigenvalue weighted by Crippen LogP contribution is 2.45. The number of nitrogens with zero attached hydrogens (tertiary/aromatic N) is 1. The first kappa shape index (κ1) is 18.6. The van der Waals surface area contributed by atoms with Gasteiger partial charge in [0.25, 0.3) is 5.56 Å². The van der Waals surface area contributed by atoms with E-state index in [0.29, 0.717) is 28.6 Å². The van der Waals surface area contributed by atoms with Gasteiger partial charge in [0, 0.05) is 23.4 Å². The summed E-state index contributed by atoms with van der Waals surface area (Å²) in [6, 6.07) is 8.43. The largest absolute Gasteiger partial charge is 0.496 e. The van der Waals surface area contributed by atoms with Crippen molar-refractivity contribution in [3.63, 3.8) is 0 Å². The second-order valence-corrected chi connectivity index (χ2v) is 9.40. The molecule has 0 saturated carbocycles. The van der Waals surface area contributed by atoms with E-state index in [4.69, 9.17) is 4.74 Å². The van der Waals surface area contributed by atoms with Crippen molar-refractivity contribution in [3.05, 3.63) is 61.1 Å². The molecule has 1 saturated heterocycles. The van der Waals surface area contributed by atoms with Crippen molar-refractivity contribution in [2.45, 2.75) is 44.7 Å². The first-order chi connectivity index (χ1) is 14.1. The van der Waals surface area contributed by atoms with Crippen molar-refractivity contribution in [3.8, 4) is 5.75 Å². The van der Waals surface area contributed by atoms with Crippen LogP contribution in [0.15, 0.2) is 33.9 Å². The lowest BCUT2D eigenvalue weighted by molar-refractivity contribution is 0.371. The van der Waals surface area contributed by atoms with Crippen LogP contribution < -0.4 is 21.3 Å². The number of benzene rings is 1. The quantitative estimate of drug-likeness (QED) is 0.692. The summed E-state index contributed by atoms with van der Waals surface area (Å²) in [5.74, 6) is 1.96. The van der Waals surface area contributed by atoms with E-state index in [1.54, 1.807) is 7.11 Å². The number of aromatic nitrogens is 2. The Morgan fingerprint density at radius 1 is 1.31 bits per heavy atom. The standard InChI is InChI=1S/C22H25N3O3S/c1-12-10-17-20(29-12)21(26)25(22(27)24-17)9-8-16-19-13(11-23-16)6-7-14-15(19)4-3-5-18(14)28-2/h3-5,10,13,16,19,23H,6-9,11H2,1-2H3,(H,24,27). The third-order valence-electron chi connectivity index (χ3n) is 6.54. The van der Waals surface area contributed by atoms with Crippen LogP contribution in [0.4, 0.5) is 0 Å². The van der Waals surface area contributed by atoms with Gasteiger partial charge in [-0.1, -0.05) is 12.1 Å². The van der Waals surface area contributed by atoms with Gasteiger partial charge in [-0.15, -0.1) is 11.3 Å². The maximum Gasteiger partial charge on any atom is 0.328 e. The van der Waals surface area contributed by atoms with Gasteiger partial charge in [-0.05, 0) is 61.9 Å². The number of methoxy groups -OCH3 is 1. The van der Waals surface area contributed by atoms with E-state index in [-0.39, 0.29) is 17.3 Å². The van der Waals surface area contributed by atoms with Gasteiger partial charge in [0.05, 0.1) is 12.6 Å². The molecule has 29 heavy (non-hydrogen) atoms. The second-order valence-electron chi connectivity index (χ2n) is 8.14. The molecule has 3 aromatic rings. The fraction of sp³-hybridized carbons (Fsp3) is 0.455. The number of nitrogens with one attached hydrogen (secondary N) is 2. The topological polar surface area (TPSA) is 76.1 Å². The summed E-state index contributed by atoms with van der Waals surface area (Å²) in [7, 11) is 1.73. The fourth-order valence-corrected chi connectivity index (χ4v) is 6.15. The zero-order valence-corrected chi connectivity index (χ0v) is 17.5. The van der Waals surface area contributed by atoms with Crippen LogP contribution in [-0.2, 0) is 13.0 Å². The molecule has 5 rings (SSSR count). The number of H-pyrrole nitrogens is 1. The van der Waals surface area contributed by atoms with Crippen LogP contribution in [0.5, 0.6) is 5.75 Å². The van der Waals surface area contributed by atoms with Crippen molar-refractivity contribution >= 4 is 21.6 Å². The highest BCUT2D eigenvalue weighted by Gasteiger charge is 2.40. The van der Waals surface area contributed by atoms with Crippen LogP contribution in [0.3, 0.4) is 0 Å². The molecule has 7 heteroatoms. The van der Waals surface area contributed by atoms with E-state index >= 15 is 0 Å². The molecule has 2 aliphatic rings. The zero-order valence-electron chi connectivity index (χ0n) is 16.7. The lowest BCUT2D eigenvalue weighted by atomic mass is 9.73.